The Bertz CT molecular complexity index is 480. The van der Waals surface area contributed by atoms with Crippen LogP contribution in [0.4, 0.5) is 5.82 Å². The number of nitrogens with two attached hydrogens (primary N) is 1. The number of hydrogen-bond acceptors (Lipinski definition) is 3. The summed E-state index contributed by atoms with van der Waals surface area (Å²) in [6.07, 6.45) is 2.01. The lowest BCUT2D eigenvalue weighted by Crippen LogP contribution is -1.93. The van der Waals surface area contributed by atoms with Crippen molar-refractivity contribution in [2.45, 2.75) is 27.3 Å². The molecular weight excluding hydrogens is 190 g/mol. The molecule has 0 aliphatic heterocycles. The highest BCUT2D eigenvalue weighted by molar-refractivity contribution is 5.68. The molecule has 0 spiro atoms. The molecule has 15 heavy (non-hydrogen) atoms. The summed E-state index contributed by atoms with van der Waals surface area (Å²) in [5.74, 6) is 0.550. The van der Waals surface area contributed by atoms with Gasteiger partial charge in [-0.2, -0.15) is 10.2 Å². The average Bonchev–Trinajstić information content (AvgIpc) is 2.73. The van der Waals surface area contributed by atoms with Crippen molar-refractivity contribution in [3.8, 4) is 11.3 Å². The van der Waals surface area contributed by atoms with Gasteiger partial charge in [0.25, 0.3) is 0 Å². The van der Waals surface area contributed by atoms with Gasteiger partial charge in [0.1, 0.15) is 5.82 Å². The molecule has 0 fully saturated rings. The van der Waals surface area contributed by atoms with Crippen molar-refractivity contribution in [3.63, 3.8) is 0 Å². The van der Waals surface area contributed by atoms with Crippen LogP contribution in [0, 0.1) is 13.8 Å². The number of aryl methyl sites for hydroxylation is 2. The van der Waals surface area contributed by atoms with E-state index < -0.39 is 0 Å². The van der Waals surface area contributed by atoms with Gasteiger partial charge in [0.15, 0.2) is 0 Å². The first kappa shape index (κ1) is 9.76. The molecule has 0 aliphatic rings. The van der Waals surface area contributed by atoms with Crippen molar-refractivity contribution < 1.29 is 0 Å². The van der Waals surface area contributed by atoms with Gasteiger partial charge >= 0.3 is 0 Å². The van der Waals surface area contributed by atoms with Crippen molar-refractivity contribution in [2.24, 2.45) is 0 Å². The van der Waals surface area contributed by atoms with Gasteiger partial charge in [0, 0.05) is 23.9 Å². The fourth-order valence-corrected chi connectivity index (χ4v) is 1.60. The van der Waals surface area contributed by atoms with E-state index in [4.69, 9.17) is 5.73 Å². The second-order valence-electron chi connectivity index (χ2n) is 3.59. The summed E-state index contributed by atoms with van der Waals surface area (Å²) in [5, 5.41) is 11.3. The SMILES string of the molecule is CCn1cc(-c2[nH]nc(N)c2C)c(C)n1. The van der Waals surface area contributed by atoms with E-state index in [1.807, 2.05) is 24.7 Å². The van der Waals surface area contributed by atoms with Gasteiger partial charge in [-0.25, -0.2) is 0 Å². The van der Waals surface area contributed by atoms with Gasteiger partial charge in [-0.15, -0.1) is 0 Å². The van der Waals surface area contributed by atoms with Crippen LogP contribution in [-0.2, 0) is 6.54 Å². The first-order valence-electron chi connectivity index (χ1n) is 4.98. The number of anilines is 1. The first-order valence-corrected chi connectivity index (χ1v) is 4.98. The minimum atomic E-state index is 0.550. The summed E-state index contributed by atoms with van der Waals surface area (Å²) in [4.78, 5) is 0. The van der Waals surface area contributed by atoms with E-state index in [-0.39, 0.29) is 0 Å². The van der Waals surface area contributed by atoms with Gasteiger partial charge in [0.2, 0.25) is 0 Å². The monoisotopic (exact) mass is 205 g/mol. The Kier molecular flexibility index (Phi) is 2.22. The highest BCUT2D eigenvalue weighted by Crippen LogP contribution is 2.26. The van der Waals surface area contributed by atoms with E-state index in [1.54, 1.807) is 0 Å². The Labute approximate surface area is 88.3 Å². The van der Waals surface area contributed by atoms with Crippen molar-refractivity contribution in [3.05, 3.63) is 17.5 Å². The second kappa shape index (κ2) is 3.42. The minimum absolute atomic E-state index is 0.550. The molecule has 0 atom stereocenters. The molecule has 0 saturated heterocycles. The number of nitrogens with zero attached hydrogens (tertiary/aromatic N) is 3. The third kappa shape index (κ3) is 1.49. The van der Waals surface area contributed by atoms with Gasteiger partial charge < -0.3 is 5.73 Å². The molecule has 0 unspecified atom stereocenters. The summed E-state index contributed by atoms with van der Waals surface area (Å²) < 4.78 is 1.90. The summed E-state index contributed by atoms with van der Waals surface area (Å²) in [7, 11) is 0. The zero-order valence-electron chi connectivity index (χ0n) is 9.20. The molecule has 2 aromatic heterocycles. The Balaban J connectivity index is 2.53. The van der Waals surface area contributed by atoms with E-state index in [2.05, 4.69) is 22.2 Å². The number of hydrogen-bond donors (Lipinski definition) is 2. The highest BCUT2D eigenvalue weighted by atomic mass is 15.3. The molecule has 5 nitrogen and oxygen atoms in total. The third-order valence-electron chi connectivity index (χ3n) is 2.59. The van der Waals surface area contributed by atoms with Crippen LogP contribution in [0.15, 0.2) is 6.20 Å². The van der Waals surface area contributed by atoms with E-state index in [9.17, 15) is 0 Å². The number of aromatic amines is 1. The topological polar surface area (TPSA) is 72.5 Å². The highest BCUT2D eigenvalue weighted by Gasteiger charge is 2.13. The number of aromatic nitrogens is 4. The molecule has 3 N–H and O–H groups in total. The molecule has 0 bridgehead atoms. The molecule has 0 radical (unpaired) electrons. The molecule has 2 aromatic rings. The fourth-order valence-electron chi connectivity index (χ4n) is 1.60. The molecule has 80 valence electrons. The van der Waals surface area contributed by atoms with Gasteiger partial charge in [-0.1, -0.05) is 0 Å². The smallest absolute Gasteiger partial charge is 0.148 e. The molecule has 2 rings (SSSR count). The predicted molar refractivity (Wildman–Crippen MR) is 59.4 cm³/mol. The predicted octanol–water partition coefficient (Wildman–Crippen LogP) is 1.49. The average molecular weight is 205 g/mol. The molecule has 0 aliphatic carbocycles. The van der Waals surface area contributed by atoms with Crippen molar-refractivity contribution >= 4 is 5.82 Å². The maximum absolute atomic E-state index is 5.70. The van der Waals surface area contributed by atoms with Gasteiger partial charge in [-0.3, -0.25) is 9.78 Å². The number of nitrogens with one attached hydrogen (secondary N) is 1. The Hall–Kier alpha value is -1.78. The molecule has 2 heterocycles. The van der Waals surface area contributed by atoms with Crippen LogP contribution < -0.4 is 5.73 Å². The van der Waals surface area contributed by atoms with Crippen LogP contribution >= 0.6 is 0 Å². The van der Waals surface area contributed by atoms with E-state index in [0.29, 0.717) is 5.82 Å². The lowest BCUT2D eigenvalue weighted by atomic mass is 10.1. The summed E-state index contributed by atoms with van der Waals surface area (Å²) in [5.41, 5.74) is 9.70. The maximum Gasteiger partial charge on any atom is 0.148 e. The van der Waals surface area contributed by atoms with Crippen molar-refractivity contribution in [1.82, 2.24) is 20.0 Å². The standard InChI is InChI=1S/C10H15N5/c1-4-15-5-8(7(3)14-15)9-6(2)10(11)13-12-9/h5H,4H2,1-3H3,(H3,11,12,13). The number of nitrogen functional groups attached to an aromatic ring is 1. The lowest BCUT2D eigenvalue weighted by molar-refractivity contribution is 0.653. The normalized spacial score (nSPS) is 10.9. The second-order valence-corrected chi connectivity index (χ2v) is 3.59. The van der Waals surface area contributed by atoms with Crippen molar-refractivity contribution in [1.29, 1.82) is 0 Å². The zero-order valence-corrected chi connectivity index (χ0v) is 9.20. The van der Waals surface area contributed by atoms with Crippen LogP contribution in [0.1, 0.15) is 18.2 Å². The van der Waals surface area contributed by atoms with E-state index in [1.165, 1.54) is 0 Å². The number of H-pyrrole nitrogens is 1. The van der Waals surface area contributed by atoms with Crippen molar-refractivity contribution in [2.75, 3.05) is 5.73 Å². The van der Waals surface area contributed by atoms with Crippen LogP contribution in [0.3, 0.4) is 0 Å². The summed E-state index contributed by atoms with van der Waals surface area (Å²) >= 11 is 0. The van der Waals surface area contributed by atoms with Gasteiger partial charge in [0.05, 0.1) is 11.4 Å². The Morgan fingerprint density at radius 2 is 2.20 bits per heavy atom. The summed E-state index contributed by atoms with van der Waals surface area (Å²) in [6.45, 7) is 6.86. The molecular formula is C10H15N5. The fraction of sp³-hybridized carbons (Fsp3) is 0.400. The van der Waals surface area contributed by atoms with E-state index >= 15 is 0 Å². The summed E-state index contributed by atoms with van der Waals surface area (Å²) in [6, 6.07) is 0. The quantitative estimate of drug-likeness (QED) is 0.780. The maximum atomic E-state index is 5.70. The minimum Gasteiger partial charge on any atom is -0.382 e. The van der Waals surface area contributed by atoms with E-state index in [0.717, 1.165) is 29.1 Å². The molecule has 5 heteroatoms. The van der Waals surface area contributed by atoms with Gasteiger partial charge in [-0.05, 0) is 20.8 Å². The van der Waals surface area contributed by atoms with Crippen LogP contribution in [0.5, 0.6) is 0 Å². The van der Waals surface area contributed by atoms with Crippen LogP contribution in [0.25, 0.3) is 11.3 Å². The molecule has 0 amide bonds. The lowest BCUT2D eigenvalue weighted by Gasteiger charge is -1.95. The van der Waals surface area contributed by atoms with Crippen LogP contribution in [-0.4, -0.2) is 20.0 Å². The zero-order chi connectivity index (χ0) is 11.0. The third-order valence-corrected chi connectivity index (χ3v) is 2.59. The first-order chi connectivity index (χ1) is 7.13. The Morgan fingerprint density at radius 1 is 1.47 bits per heavy atom. The number of rotatable bonds is 2. The van der Waals surface area contributed by atoms with Crippen LogP contribution in [0.2, 0.25) is 0 Å². The molecule has 0 saturated carbocycles. The Morgan fingerprint density at radius 3 is 2.67 bits per heavy atom. The molecule has 0 aromatic carbocycles. The largest absolute Gasteiger partial charge is 0.382 e.